The number of nitrogens with two attached hydrogens (primary N) is 1. The van der Waals surface area contributed by atoms with E-state index < -0.39 is 5.91 Å². The Bertz CT molecular complexity index is 1110. The zero-order valence-corrected chi connectivity index (χ0v) is 19.1. The molecular weight excluding hydrogens is 414 g/mol. The van der Waals surface area contributed by atoms with Crippen molar-refractivity contribution in [2.75, 3.05) is 56.1 Å². The van der Waals surface area contributed by atoms with Crippen molar-refractivity contribution in [1.29, 1.82) is 0 Å². The van der Waals surface area contributed by atoms with Gasteiger partial charge in [0.05, 0.1) is 11.9 Å². The summed E-state index contributed by atoms with van der Waals surface area (Å²) < 4.78 is 0. The highest BCUT2D eigenvalue weighted by Crippen LogP contribution is 2.38. The number of piperazine rings is 1. The molecule has 4 heterocycles. The van der Waals surface area contributed by atoms with E-state index in [0.29, 0.717) is 11.4 Å². The van der Waals surface area contributed by atoms with Crippen molar-refractivity contribution in [2.24, 2.45) is 5.73 Å². The lowest BCUT2D eigenvalue weighted by atomic mass is 9.97. The maximum absolute atomic E-state index is 12.5. The van der Waals surface area contributed by atoms with Crippen LogP contribution in [0, 0.1) is 0 Å². The van der Waals surface area contributed by atoms with Crippen LogP contribution in [0.25, 0.3) is 22.4 Å². The number of nitrogens with one attached hydrogen (secondary N) is 1. The Morgan fingerprint density at radius 3 is 2.39 bits per heavy atom. The van der Waals surface area contributed by atoms with Crippen LogP contribution in [0.15, 0.2) is 42.7 Å². The molecule has 3 N–H and O–H groups in total. The second-order valence-corrected chi connectivity index (χ2v) is 8.98. The van der Waals surface area contributed by atoms with Crippen molar-refractivity contribution in [3.05, 3.63) is 48.4 Å². The van der Waals surface area contributed by atoms with Crippen molar-refractivity contribution >= 4 is 17.3 Å². The molecule has 172 valence electrons. The number of aromatic amines is 1. The standard InChI is InChI=1S/C25H31N7O/c1-30-11-13-31(14-12-30)19-5-6-20(23(15-19)32-9-3-2-4-10-32)21-7-8-22(18-16-27-28-17-18)29-24(21)25(26)33/h5-8,15-17H,2-4,9-14H2,1H3,(H2,26,33)(H,27,28). The van der Waals surface area contributed by atoms with E-state index in [0.717, 1.165) is 61.6 Å². The molecule has 2 aromatic heterocycles. The van der Waals surface area contributed by atoms with Crippen molar-refractivity contribution < 1.29 is 4.79 Å². The number of carbonyl (C=O) groups is 1. The Morgan fingerprint density at radius 1 is 0.939 bits per heavy atom. The van der Waals surface area contributed by atoms with Gasteiger partial charge in [-0.25, -0.2) is 4.98 Å². The number of H-pyrrole nitrogens is 1. The molecule has 1 amide bonds. The Hall–Kier alpha value is -3.39. The molecule has 0 spiro atoms. The van der Waals surface area contributed by atoms with Gasteiger partial charge in [0.1, 0.15) is 5.69 Å². The Kier molecular flexibility index (Phi) is 6.00. The predicted octanol–water partition coefficient (Wildman–Crippen LogP) is 2.98. The van der Waals surface area contributed by atoms with Crippen molar-refractivity contribution in [1.82, 2.24) is 20.1 Å². The summed E-state index contributed by atoms with van der Waals surface area (Å²) in [4.78, 5) is 24.4. The summed E-state index contributed by atoms with van der Waals surface area (Å²) in [5.74, 6) is -0.525. The zero-order valence-electron chi connectivity index (χ0n) is 19.1. The molecule has 0 radical (unpaired) electrons. The van der Waals surface area contributed by atoms with E-state index in [1.807, 2.05) is 12.1 Å². The molecule has 0 bridgehead atoms. The van der Waals surface area contributed by atoms with Crippen LogP contribution in [0.1, 0.15) is 29.8 Å². The molecule has 0 saturated carbocycles. The number of hydrogen-bond acceptors (Lipinski definition) is 6. The summed E-state index contributed by atoms with van der Waals surface area (Å²) in [6.07, 6.45) is 7.07. The van der Waals surface area contributed by atoms with Crippen molar-refractivity contribution in [2.45, 2.75) is 19.3 Å². The van der Waals surface area contributed by atoms with Gasteiger partial charge in [-0.05, 0) is 50.6 Å². The first-order chi connectivity index (χ1) is 16.1. The molecule has 2 aliphatic rings. The van der Waals surface area contributed by atoms with Crippen LogP contribution in [0.5, 0.6) is 0 Å². The largest absolute Gasteiger partial charge is 0.371 e. The summed E-state index contributed by atoms with van der Waals surface area (Å²) in [6, 6.07) is 10.5. The van der Waals surface area contributed by atoms with Gasteiger partial charge in [-0.3, -0.25) is 9.89 Å². The van der Waals surface area contributed by atoms with Crippen LogP contribution in [-0.2, 0) is 0 Å². The molecule has 2 aliphatic heterocycles. The number of rotatable bonds is 5. The predicted molar refractivity (Wildman–Crippen MR) is 132 cm³/mol. The lowest BCUT2D eigenvalue weighted by Crippen LogP contribution is -2.44. The summed E-state index contributed by atoms with van der Waals surface area (Å²) in [5, 5.41) is 6.79. The fourth-order valence-electron chi connectivity index (χ4n) is 4.82. The number of nitrogens with zero attached hydrogens (tertiary/aromatic N) is 5. The fourth-order valence-corrected chi connectivity index (χ4v) is 4.82. The molecule has 2 saturated heterocycles. The van der Waals surface area contributed by atoms with Gasteiger partial charge in [-0.15, -0.1) is 0 Å². The molecule has 0 aliphatic carbocycles. The van der Waals surface area contributed by atoms with Gasteiger partial charge in [0.2, 0.25) is 0 Å². The quantitative estimate of drug-likeness (QED) is 0.627. The topological polar surface area (TPSA) is 94.4 Å². The SMILES string of the molecule is CN1CCN(c2ccc(-c3ccc(-c4cn[nH]c4)nc3C(N)=O)c(N3CCCCC3)c2)CC1. The smallest absolute Gasteiger partial charge is 0.267 e. The third-order valence-corrected chi connectivity index (χ3v) is 6.76. The number of pyridine rings is 1. The van der Waals surface area contributed by atoms with E-state index in [9.17, 15) is 4.79 Å². The van der Waals surface area contributed by atoms with E-state index in [-0.39, 0.29) is 0 Å². The molecule has 8 nitrogen and oxygen atoms in total. The molecule has 1 aromatic carbocycles. The summed E-state index contributed by atoms with van der Waals surface area (Å²) in [5.41, 5.74) is 11.8. The van der Waals surface area contributed by atoms with Gasteiger partial charge in [-0.2, -0.15) is 5.10 Å². The zero-order chi connectivity index (χ0) is 22.8. The number of likely N-dealkylation sites (N-methyl/N-ethyl adjacent to an activating group) is 1. The molecule has 5 rings (SSSR count). The van der Waals surface area contributed by atoms with Crippen LogP contribution in [0.2, 0.25) is 0 Å². The fraction of sp³-hybridized carbons (Fsp3) is 0.400. The normalized spacial score (nSPS) is 17.4. The number of anilines is 2. The van der Waals surface area contributed by atoms with Crippen molar-refractivity contribution in [3.8, 4) is 22.4 Å². The number of piperidine rings is 1. The second-order valence-electron chi connectivity index (χ2n) is 8.98. The second kappa shape index (κ2) is 9.23. The highest BCUT2D eigenvalue weighted by atomic mass is 16.1. The highest BCUT2D eigenvalue weighted by Gasteiger charge is 2.23. The van der Waals surface area contributed by atoms with Crippen LogP contribution in [0.4, 0.5) is 11.4 Å². The van der Waals surface area contributed by atoms with Crippen LogP contribution in [-0.4, -0.2) is 72.3 Å². The number of primary amides is 1. The number of carbonyl (C=O) groups excluding carboxylic acids is 1. The Morgan fingerprint density at radius 2 is 1.70 bits per heavy atom. The first-order valence-electron chi connectivity index (χ1n) is 11.7. The number of aromatic nitrogens is 3. The van der Waals surface area contributed by atoms with Gasteiger partial charge in [-0.1, -0.05) is 6.07 Å². The maximum atomic E-state index is 12.5. The number of benzene rings is 1. The third-order valence-electron chi connectivity index (χ3n) is 6.76. The minimum atomic E-state index is -0.525. The molecule has 8 heteroatoms. The minimum absolute atomic E-state index is 0.291. The summed E-state index contributed by atoms with van der Waals surface area (Å²) >= 11 is 0. The summed E-state index contributed by atoms with van der Waals surface area (Å²) in [6.45, 7) is 6.20. The lowest BCUT2D eigenvalue weighted by Gasteiger charge is -2.36. The van der Waals surface area contributed by atoms with Gasteiger partial charge in [0.15, 0.2) is 0 Å². The van der Waals surface area contributed by atoms with Gasteiger partial charge in [0, 0.05) is 73.5 Å². The average Bonchev–Trinajstić information content (AvgIpc) is 3.39. The maximum Gasteiger partial charge on any atom is 0.267 e. The lowest BCUT2D eigenvalue weighted by molar-refractivity contribution is 0.0996. The van der Waals surface area contributed by atoms with E-state index >= 15 is 0 Å². The monoisotopic (exact) mass is 445 g/mol. The first kappa shape index (κ1) is 21.5. The van der Waals surface area contributed by atoms with Crippen molar-refractivity contribution in [3.63, 3.8) is 0 Å². The molecule has 33 heavy (non-hydrogen) atoms. The van der Waals surface area contributed by atoms with Crippen LogP contribution >= 0.6 is 0 Å². The molecule has 2 fully saturated rings. The highest BCUT2D eigenvalue weighted by molar-refractivity contribution is 6.00. The number of amides is 1. The van der Waals surface area contributed by atoms with E-state index in [1.54, 1.807) is 12.4 Å². The molecular formula is C25H31N7O. The third kappa shape index (κ3) is 4.43. The van der Waals surface area contributed by atoms with E-state index in [4.69, 9.17) is 5.73 Å². The van der Waals surface area contributed by atoms with Crippen LogP contribution in [0.3, 0.4) is 0 Å². The minimum Gasteiger partial charge on any atom is -0.371 e. The average molecular weight is 446 g/mol. The molecule has 3 aromatic rings. The Balaban J connectivity index is 1.58. The number of hydrogen-bond donors (Lipinski definition) is 2. The van der Waals surface area contributed by atoms with Crippen LogP contribution < -0.4 is 15.5 Å². The Labute approximate surface area is 194 Å². The summed E-state index contributed by atoms with van der Waals surface area (Å²) in [7, 11) is 2.17. The van der Waals surface area contributed by atoms with Gasteiger partial charge in [0.25, 0.3) is 5.91 Å². The van der Waals surface area contributed by atoms with Gasteiger partial charge < -0.3 is 20.4 Å². The molecule has 0 unspecified atom stereocenters. The van der Waals surface area contributed by atoms with E-state index in [2.05, 4.69) is 55.1 Å². The van der Waals surface area contributed by atoms with Gasteiger partial charge >= 0.3 is 0 Å². The molecule has 0 atom stereocenters. The first-order valence-corrected chi connectivity index (χ1v) is 11.7. The van der Waals surface area contributed by atoms with E-state index in [1.165, 1.54) is 24.9 Å².